The standard InChI is InChI=1S/C21H18BrN3O2S/c1-2-3-12-27-17-10-6-15(7-11-17)19-23-21-25(24-19)20(26)18(28-21)13-14-4-8-16(22)9-5-14/h4-11,13H,2-3,12H2,1H3/b18-13-. The molecule has 2 aromatic carbocycles. The number of hydrogen-bond acceptors (Lipinski definition) is 5. The lowest BCUT2D eigenvalue weighted by Crippen LogP contribution is -2.23. The van der Waals surface area contributed by atoms with Crippen LogP contribution in [0.3, 0.4) is 0 Å². The van der Waals surface area contributed by atoms with Crippen molar-refractivity contribution in [2.45, 2.75) is 19.8 Å². The van der Waals surface area contributed by atoms with Crippen LogP contribution in [-0.4, -0.2) is 21.2 Å². The highest BCUT2D eigenvalue weighted by atomic mass is 79.9. The Balaban J connectivity index is 1.61. The Kier molecular flexibility index (Phi) is 5.54. The average Bonchev–Trinajstić information content (AvgIpc) is 3.24. The van der Waals surface area contributed by atoms with Crippen molar-refractivity contribution in [1.29, 1.82) is 0 Å². The number of thiazole rings is 1. The first kappa shape index (κ1) is 18.8. The van der Waals surface area contributed by atoms with E-state index in [-0.39, 0.29) is 5.56 Å². The van der Waals surface area contributed by atoms with E-state index in [2.05, 4.69) is 32.9 Å². The summed E-state index contributed by atoms with van der Waals surface area (Å²) in [6.45, 7) is 2.85. The van der Waals surface area contributed by atoms with Gasteiger partial charge in [-0.2, -0.15) is 9.50 Å². The predicted molar refractivity (Wildman–Crippen MR) is 116 cm³/mol. The van der Waals surface area contributed by atoms with Crippen LogP contribution in [0.2, 0.25) is 0 Å². The van der Waals surface area contributed by atoms with Gasteiger partial charge in [-0.25, -0.2) is 0 Å². The van der Waals surface area contributed by atoms with Gasteiger partial charge in [-0.3, -0.25) is 4.79 Å². The largest absolute Gasteiger partial charge is 0.494 e. The Morgan fingerprint density at radius 1 is 1.14 bits per heavy atom. The van der Waals surface area contributed by atoms with Crippen LogP contribution < -0.4 is 14.8 Å². The first-order valence-electron chi connectivity index (χ1n) is 9.04. The van der Waals surface area contributed by atoms with Gasteiger partial charge in [0.15, 0.2) is 5.82 Å². The number of unbranched alkanes of at least 4 members (excludes halogenated alkanes) is 1. The SMILES string of the molecule is CCCCOc1ccc(-c2nc3s/c(=C\c4ccc(Br)cc4)c(=O)n3n2)cc1. The monoisotopic (exact) mass is 455 g/mol. The third-order valence-electron chi connectivity index (χ3n) is 4.23. The molecule has 142 valence electrons. The van der Waals surface area contributed by atoms with Crippen LogP contribution in [0.1, 0.15) is 25.3 Å². The number of benzene rings is 2. The molecule has 0 aliphatic rings. The van der Waals surface area contributed by atoms with Crippen LogP contribution in [0.15, 0.2) is 57.8 Å². The van der Waals surface area contributed by atoms with Gasteiger partial charge in [-0.05, 0) is 54.5 Å². The minimum absolute atomic E-state index is 0.152. The number of nitrogens with zero attached hydrogens (tertiary/aromatic N) is 3. The Morgan fingerprint density at radius 2 is 1.89 bits per heavy atom. The van der Waals surface area contributed by atoms with Crippen LogP contribution >= 0.6 is 27.3 Å². The molecule has 0 atom stereocenters. The second-order valence-electron chi connectivity index (χ2n) is 6.32. The summed E-state index contributed by atoms with van der Waals surface area (Å²) < 4.78 is 8.67. The molecular formula is C21H18BrN3O2S. The molecule has 2 heterocycles. The maximum absolute atomic E-state index is 12.7. The number of fused-ring (bicyclic) bond motifs is 1. The quantitative estimate of drug-likeness (QED) is 0.406. The highest BCUT2D eigenvalue weighted by Crippen LogP contribution is 2.20. The first-order valence-corrected chi connectivity index (χ1v) is 10.6. The lowest BCUT2D eigenvalue weighted by Gasteiger charge is -2.05. The van der Waals surface area contributed by atoms with E-state index in [0.717, 1.165) is 34.2 Å². The van der Waals surface area contributed by atoms with Crippen molar-refractivity contribution >= 4 is 38.3 Å². The van der Waals surface area contributed by atoms with Gasteiger partial charge < -0.3 is 4.74 Å². The summed E-state index contributed by atoms with van der Waals surface area (Å²) in [7, 11) is 0. The van der Waals surface area contributed by atoms with E-state index in [4.69, 9.17) is 4.74 Å². The van der Waals surface area contributed by atoms with Gasteiger partial charge in [-0.15, -0.1) is 5.10 Å². The summed E-state index contributed by atoms with van der Waals surface area (Å²) in [5, 5.41) is 4.40. The molecule has 0 bridgehead atoms. The molecule has 0 aliphatic heterocycles. The maximum atomic E-state index is 12.7. The highest BCUT2D eigenvalue weighted by Gasteiger charge is 2.12. The van der Waals surface area contributed by atoms with Gasteiger partial charge >= 0.3 is 0 Å². The van der Waals surface area contributed by atoms with Crippen molar-refractivity contribution in [2.24, 2.45) is 0 Å². The molecule has 4 rings (SSSR count). The zero-order valence-corrected chi connectivity index (χ0v) is 17.7. The van der Waals surface area contributed by atoms with Crippen molar-refractivity contribution < 1.29 is 4.74 Å². The molecule has 0 amide bonds. The molecule has 28 heavy (non-hydrogen) atoms. The highest BCUT2D eigenvalue weighted by molar-refractivity contribution is 9.10. The molecule has 0 N–H and O–H groups in total. The molecule has 0 saturated carbocycles. The maximum Gasteiger partial charge on any atom is 0.291 e. The molecule has 0 saturated heterocycles. The molecule has 7 heteroatoms. The van der Waals surface area contributed by atoms with Crippen molar-refractivity contribution in [3.05, 3.63) is 73.5 Å². The second kappa shape index (κ2) is 8.24. The predicted octanol–water partition coefficient (Wildman–Crippen LogP) is 4.31. The fraction of sp³-hybridized carbons (Fsp3) is 0.190. The minimum atomic E-state index is -0.152. The third-order valence-corrected chi connectivity index (χ3v) is 5.72. The number of rotatable bonds is 6. The summed E-state index contributed by atoms with van der Waals surface area (Å²) in [6.07, 6.45) is 4.00. The molecule has 0 radical (unpaired) electrons. The van der Waals surface area contributed by atoms with Gasteiger partial charge in [0.25, 0.3) is 5.56 Å². The Bertz CT molecular complexity index is 1200. The molecule has 0 unspecified atom stereocenters. The smallest absolute Gasteiger partial charge is 0.291 e. The van der Waals surface area contributed by atoms with E-state index in [0.29, 0.717) is 21.9 Å². The lowest BCUT2D eigenvalue weighted by molar-refractivity contribution is 0.309. The second-order valence-corrected chi connectivity index (χ2v) is 8.25. The van der Waals surface area contributed by atoms with Gasteiger partial charge in [0.2, 0.25) is 4.96 Å². The normalized spacial score (nSPS) is 12.0. The summed E-state index contributed by atoms with van der Waals surface area (Å²) >= 11 is 4.75. The first-order chi connectivity index (χ1) is 13.6. The molecule has 0 fully saturated rings. The van der Waals surface area contributed by atoms with E-state index in [1.165, 1.54) is 15.9 Å². The van der Waals surface area contributed by atoms with Crippen LogP contribution in [-0.2, 0) is 0 Å². The fourth-order valence-corrected chi connectivity index (χ4v) is 3.87. The number of ether oxygens (including phenoxy) is 1. The average molecular weight is 456 g/mol. The van der Waals surface area contributed by atoms with Crippen LogP contribution in [0.5, 0.6) is 5.75 Å². The van der Waals surface area contributed by atoms with Gasteiger partial charge in [-0.1, -0.05) is 52.7 Å². The Labute approximate surface area is 174 Å². The topological polar surface area (TPSA) is 56.5 Å². The van der Waals surface area contributed by atoms with Crippen molar-refractivity contribution in [3.63, 3.8) is 0 Å². The summed E-state index contributed by atoms with van der Waals surface area (Å²) in [6, 6.07) is 15.4. The van der Waals surface area contributed by atoms with Crippen LogP contribution in [0.25, 0.3) is 22.4 Å². The molecular weight excluding hydrogens is 438 g/mol. The van der Waals surface area contributed by atoms with Crippen molar-refractivity contribution in [1.82, 2.24) is 14.6 Å². The zero-order valence-electron chi connectivity index (χ0n) is 15.3. The van der Waals surface area contributed by atoms with E-state index >= 15 is 0 Å². The van der Waals surface area contributed by atoms with Crippen LogP contribution in [0.4, 0.5) is 0 Å². The number of hydrogen-bond donors (Lipinski definition) is 0. The zero-order chi connectivity index (χ0) is 19.5. The minimum Gasteiger partial charge on any atom is -0.494 e. The van der Waals surface area contributed by atoms with Gasteiger partial charge in [0, 0.05) is 10.0 Å². The van der Waals surface area contributed by atoms with E-state index < -0.39 is 0 Å². The van der Waals surface area contributed by atoms with Gasteiger partial charge in [0.1, 0.15) is 5.75 Å². The summed E-state index contributed by atoms with van der Waals surface area (Å²) in [5.41, 5.74) is 1.67. The molecule has 5 nitrogen and oxygen atoms in total. The molecule has 4 aromatic rings. The van der Waals surface area contributed by atoms with E-state index in [9.17, 15) is 4.79 Å². The van der Waals surface area contributed by atoms with Crippen LogP contribution in [0, 0.1) is 0 Å². The Morgan fingerprint density at radius 3 is 2.57 bits per heavy atom. The van der Waals surface area contributed by atoms with E-state index in [1.54, 1.807) is 0 Å². The van der Waals surface area contributed by atoms with E-state index in [1.807, 2.05) is 54.6 Å². The van der Waals surface area contributed by atoms with Crippen molar-refractivity contribution in [2.75, 3.05) is 6.61 Å². The third kappa shape index (κ3) is 4.00. The van der Waals surface area contributed by atoms with Gasteiger partial charge in [0.05, 0.1) is 11.1 Å². The Hall–Kier alpha value is -2.51. The molecule has 0 aliphatic carbocycles. The molecule has 2 aromatic heterocycles. The summed E-state index contributed by atoms with van der Waals surface area (Å²) in [4.78, 5) is 17.8. The fourth-order valence-electron chi connectivity index (χ4n) is 2.70. The molecule has 0 spiro atoms. The summed E-state index contributed by atoms with van der Waals surface area (Å²) in [5.74, 6) is 1.37. The number of halogens is 1. The number of aromatic nitrogens is 3. The lowest BCUT2D eigenvalue weighted by atomic mass is 10.2. The van der Waals surface area contributed by atoms with Crippen molar-refractivity contribution in [3.8, 4) is 17.1 Å².